The van der Waals surface area contributed by atoms with Gasteiger partial charge in [0.05, 0.1) is 36.2 Å². The van der Waals surface area contributed by atoms with Gasteiger partial charge in [0, 0.05) is 24.0 Å². The number of carbonyl (C=O) groups excluding carboxylic acids is 1. The molecule has 0 unspecified atom stereocenters. The molecule has 4 heterocycles. The van der Waals surface area contributed by atoms with Gasteiger partial charge in [0.15, 0.2) is 5.13 Å². The number of pyridine rings is 2. The number of nitrogens with zero attached hydrogens (tertiary/aromatic N) is 5. The van der Waals surface area contributed by atoms with E-state index in [1.807, 2.05) is 48.9 Å². The summed E-state index contributed by atoms with van der Waals surface area (Å²) in [6, 6.07) is 9.60. The number of ether oxygens (including phenoxy) is 1. The lowest BCUT2D eigenvalue weighted by Crippen LogP contribution is -2.17. The average molecular weight is 463 g/mol. The molecule has 1 aliphatic rings. The Morgan fingerprint density at radius 3 is 2.76 bits per heavy atom. The van der Waals surface area contributed by atoms with E-state index in [-0.39, 0.29) is 18.4 Å². The van der Waals surface area contributed by atoms with Gasteiger partial charge in [-0.1, -0.05) is 11.3 Å². The highest BCUT2D eigenvalue weighted by molar-refractivity contribution is 7.21. The van der Waals surface area contributed by atoms with Gasteiger partial charge in [-0.25, -0.2) is 9.97 Å². The second kappa shape index (κ2) is 9.27. The van der Waals surface area contributed by atoms with Gasteiger partial charge in [0.1, 0.15) is 16.1 Å². The van der Waals surface area contributed by atoms with Crippen molar-refractivity contribution in [1.82, 2.24) is 24.7 Å². The van der Waals surface area contributed by atoms with Crippen LogP contribution in [0.2, 0.25) is 0 Å². The van der Waals surface area contributed by atoms with Crippen LogP contribution < -0.4 is 10.1 Å². The van der Waals surface area contributed by atoms with E-state index in [1.165, 1.54) is 24.2 Å². The molecular weight excluding hydrogens is 436 g/mol. The van der Waals surface area contributed by atoms with Gasteiger partial charge < -0.3 is 10.1 Å². The number of hydrogen-bond acceptors (Lipinski definition) is 7. The van der Waals surface area contributed by atoms with Crippen LogP contribution in [0.5, 0.6) is 5.75 Å². The van der Waals surface area contributed by atoms with Crippen LogP contribution in [-0.4, -0.2) is 36.7 Å². The molecule has 0 atom stereocenters. The molecule has 33 heavy (non-hydrogen) atoms. The molecule has 1 saturated carbocycles. The molecular formula is C24H26N6O2S. The Kier molecular flexibility index (Phi) is 6.04. The van der Waals surface area contributed by atoms with E-state index in [4.69, 9.17) is 9.72 Å². The van der Waals surface area contributed by atoms with Crippen LogP contribution in [0, 0.1) is 13.8 Å². The Hall–Kier alpha value is -3.33. The molecule has 1 amide bonds. The summed E-state index contributed by atoms with van der Waals surface area (Å²) in [6.07, 6.45) is 6.60. The van der Waals surface area contributed by atoms with Crippen LogP contribution in [0.3, 0.4) is 0 Å². The topological polar surface area (TPSA) is 94.8 Å². The Labute approximate surface area is 196 Å². The summed E-state index contributed by atoms with van der Waals surface area (Å²) in [6.45, 7) is 4.53. The van der Waals surface area contributed by atoms with E-state index in [0.29, 0.717) is 17.4 Å². The highest BCUT2D eigenvalue weighted by Crippen LogP contribution is 2.26. The fourth-order valence-corrected chi connectivity index (χ4v) is 5.02. The summed E-state index contributed by atoms with van der Waals surface area (Å²) in [5, 5.41) is 7.97. The van der Waals surface area contributed by atoms with Crippen molar-refractivity contribution in [3.05, 3.63) is 59.3 Å². The Bertz CT molecular complexity index is 1260. The minimum atomic E-state index is -0.170. The van der Waals surface area contributed by atoms with Crippen LogP contribution in [0.4, 0.5) is 5.13 Å². The first-order chi connectivity index (χ1) is 16.0. The Morgan fingerprint density at radius 1 is 1.18 bits per heavy atom. The van der Waals surface area contributed by atoms with Crippen LogP contribution >= 0.6 is 11.3 Å². The van der Waals surface area contributed by atoms with E-state index in [2.05, 4.69) is 20.4 Å². The SMILES string of the molecule is Cc1cc(C)n(Cc2cc(OC3CCCC3)cc(CC(=O)Nc3nc4cccnc4s3)n2)n1. The molecule has 9 heteroatoms. The molecule has 0 saturated heterocycles. The van der Waals surface area contributed by atoms with E-state index in [9.17, 15) is 4.79 Å². The van der Waals surface area contributed by atoms with E-state index in [0.717, 1.165) is 46.0 Å². The van der Waals surface area contributed by atoms with Gasteiger partial charge in [0.2, 0.25) is 5.91 Å². The minimum Gasteiger partial charge on any atom is -0.490 e. The van der Waals surface area contributed by atoms with Gasteiger partial charge in [-0.15, -0.1) is 0 Å². The van der Waals surface area contributed by atoms with Crippen molar-refractivity contribution < 1.29 is 9.53 Å². The molecule has 0 radical (unpaired) electrons. The van der Waals surface area contributed by atoms with Crippen molar-refractivity contribution >= 4 is 32.7 Å². The number of amides is 1. The Morgan fingerprint density at radius 2 is 2.00 bits per heavy atom. The summed E-state index contributed by atoms with van der Waals surface area (Å²) in [5.41, 5.74) is 4.30. The normalized spacial score (nSPS) is 14.1. The highest BCUT2D eigenvalue weighted by Gasteiger charge is 2.18. The first-order valence-electron chi connectivity index (χ1n) is 11.2. The molecule has 170 valence electrons. The van der Waals surface area contributed by atoms with Crippen molar-refractivity contribution in [2.24, 2.45) is 0 Å². The molecule has 4 aromatic rings. The monoisotopic (exact) mass is 462 g/mol. The van der Waals surface area contributed by atoms with E-state index >= 15 is 0 Å². The van der Waals surface area contributed by atoms with Crippen molar-refractivity contribution in [1.29, 1.82) is 0 Å². The largest absolute Gasteiger partial charge is 0.490 e. The third-order valence-electron chi connectivity index (χ3n) is 5.68. The minimum absolute atomic E-state index is 0.134. The lowest BCUT2D eigenvalue weighted by molar-refractivity contribution is -0.115. The van der Waals surface area contributed by atoms with Gasteiger partial charge >= 0.3 is 0 Å². The molecule has 8 nitrogen and oxygen atoms in total. The summed E-state index contributed by atoms with van der Waals surface area (Å²) in [4.78, 5) is 27.0. The summed E-state index contributed by atoms with van der Waals surface area (Å²) >= 11 is 1.36. The van der Waals surface area contributed by atoms with Crippen molar-refractivity contribution in [3.63, 3.8) is 0 Å². The summed E-state index contributed by atoms with van der Waals surface area (Å²) in [7, 11) is 0. The average Bonchev–Trinajstić information content (AvgIpc) is 3.48. The number of rotatable bonds is 7. The number of carbonyl (C=O) groups is 1. The van der Waals surface area contributed by atoms with E-state index in [1.54, 1.807) is 6.20 Å². The number of fused-ring (bicyclic) bond motifs is 1. The van der Waals surface area contributed by atoms with Crippen molar-refractivity contribution in [2.75, 3.05) is 5.32 Å². The molecule has 0 spiro atoms. The molecule has 1 aliphatic carbocycles. The van der Waals surface area contributed by atoms with Crippen LogP contribution in [0.1, 0.15) is 48.5 Å². The number of nitrogens with one attached hydrogen (secondary N) is 1. The van der Waals surface area contributed by atoms with Crippen LogP contribution in [0.15, 0.2) is 36.5 Å². The highest BCUT2D eigenvalue weighted by atomic mass is 32.1. The van der Waals surface area contributed by atoms with Gasteiger partial charge in [0.25, 0.3) is 0 Å². The fraction of sp³-hybridized carbons (Fsp3) is 0.375. The number of hydrogen-bond donors (Lipinski definition) is 1. The number of aryl methyl sites for hydroxylation is 2. The Balaban J connectivity index is 1.35. The maximum Gasteiger partial charge on any atom is 0.232 e. The first kappa shape index (κ1) is 21.5. The van der Waals surface area contributed by atoms with Crippen molar-refractivity contribution in [3.8, 4) is 5.75 Å². The number of thiazole rings is 1. The molecule has 4 aromatic heterocycles. The quantitative estimate of drug-likeness (QED) is 0.436. The molecule has 1 fully saturated rings. The maximum absolute atomic E-state index is 12.8. The first-order valence-corrected chi connectivity index (χ1v) is 12.0. The van der Waals surface area contributed by atoms with Gasteiger partial charge in [-0.3, -0.25) is 14.5 Å². The summed E-state index contributed by atoms with van der Waals surface area (Å²) < 4.78 is 8.18. The van der Waals surface area contributed by atoms with Gasteiger partial charge in [-0.2, -0.15) is 5.10 Å². The third-order valence-corrected chi connectivity index (χ3v) is 6.57. The molecule has 0 aliphatic heterocycles. The smallest absolute Gasteiger partial charge is 0.232 e. The third kappa shape index (κ3) is 5.19. The van der Waals surface area contributed by atoms with Crippen LogP contribution in [0.25, 0.3) is 10.3 Å². The number of aromatic nitrogens is 5. The summed E-state index contributed by atoms with van der Waals surface area (Å²) in [5.74, 6) is 0.594. The van der Waals surface area contributed by atoms with Crippen molar-refractivity contribution in [2.45, 2.75) is 58.6 Å². The lowest BCUT2D eigenvalue weighted by Gasteiger charge is -2.15. The van der Waals surface area contributed by atoms with Crippen LogP contribution in [-0.2, 0) is 17.8 Å². The van der Waals surface area contributed by atoms with Gasteiger partial charge in [-0.05, 0) is 57.7 Å². The predicted octanol–water partition coefficient (Wildman–Crippen LogP) is 4.45. The second-order valence-corrected chi connectivity index (χ2v) is 9.44. The molecule has 5 rings (SSSR count). The zero-order valence-electron chi connectivity index (χ0n) is 18.7. The lowest BCUT2D eigenvalue weighted by atomic mass is 10.2. The fourth-order valence-electron chi connectivity index (χ4n) is 4.20. The standard InChI is InChI=1S/C24H26N6O2S/c1-15-10-16(2)30(29-15)14-18-12-20(32-19-6-3-4-7-19)11-17(26-18)13-22(31)28-24-27-21-8-5-9-25-23(21)33-24/h5,8-12,19H,3-4,6-7,13-14H2,1-2H3,(H,27,28,31). The molecule has 0 aromatic carbocycles. The maximum atomic E-state index is 12.8. The zero-order valence-corrected chi connectivity index (χ0v) is 19.6. The number of anilines is 1. The predicted molar refractivity (Wildman–Crippen MR) is 128 cm³/mol. The van der Waals surface area contributed by atoms with E-state index < -0.39 is 0 Å². The molecule has 0 bridgehead atoms. The second-order valence-electron chi connectivity index (χ2n) is 8.47. The zero-order chi connectivity index (χ0) is 22.8. The molecule has 1 N–H and O–H groups in total.